The quantitative estimate of drug-likeness (QED) is 0.850. The molecule has 7 heteroatoms. The van der Waals surface area contributed by atoms with Crippen molar-refractivity contribution in [3.8, 4) is 0 Å². The predicted molar refractivity (Wildman–Crippen MR) is 84.8 cm³/mol. The van der Waals surface area contributed by atoms with Crippen LogP contribution in [0.4, 0.5) is 0 Å². The predicted octanol–water partition coefficient (Wildman–Crippen LogP) is 2.48. The maximum atomic E-state index is 5.55. The molecule has 1 aliphatic heterocycles. The number of aromatic nitrogens is 4. The van der Waals surface area contributed by atoms with E-state index < -0.39 is 0 Å². The van der Waals surface area contributed by atoms with Gasteiger partial charge in [-0.15, -0.1) is 0 Å². The molecule has 0 radical (unpaired) electrons. The number of nitrogens with one attached hydrogen (secondary N) is 2. The zero-order chi connectivity index (χ0) is 16.2. The van der Waals surface area contributed by atoms with Crippen molar-refractivity contribution in [2.24, 2.45) is 5.92 Å². The van der Waals surface area contributed by atoms with E-state index >= 15 is 0 Å². The fraction of sp³-hybridized carbons (Fsp3) is 0.688. The van der Waals surface area contributed by atoms with Gasteiger partial charge in [-0.3, -0.25) is 5.10 Å². The van der Waals surface area contributed by atoms with Crippen LogP contribution in [0.25, 0.3) is 0 Å². The molecular weight excluding hydrogens is 294 g/mol. The van der Waals surface area contributed by atoms with Crippen molar-refractivity contribution in [3.05, 3.63) is 29.2 Å². The van der Waals surface area contributed by atoms with E-state index in [0.717, 1.165) is 49.7 Å². The molecule has 2 aromatic rings. The molecule has 0 spiro atoms. The highest BCUT2D eigenvalue weighted by Gasteiger charge is 2.30. The molecule has 23 heavy (non-hydrogen) atoms. The number of hydrogen-bond donors (Lipinski definition) is 2. The van der Waals surface area contributed by atoms with Gasteiger partial charge >= 0.3 is 0 Å². The Balaban J connectivity index is 1.76. The SMILES string of the molecule is Cc1[nH]ncc1CNC(c1nc(C(C)C)no1)C1CCOCC1. The Morgan fingerprint density at radius 1 is 1.35 bits per heavy atom. The minimum absolute atomic E-state index is 0.0493. The summed E-state index contributed by atoms with van der Waals surface area (Å²) < 4.78 is 11.0. The normalized spacial score (nSPS) is 17.7. The molecule has 1 aliphatic rings. The second kappa shape index (κ2) is 7.23. The van der Waals surface area contributed by atoms with Gasteiger partial charge in [0.25, 0.3) is 0 Å². The Kier molecular flexibility index (Phi) is 5.07. The Labute approximate surface area is 136 Å². The minimum atomic E-state index is 0.0493. The number of hydrogen-bond acceptors (Lipinski definition) is 6. The molecule has 2 N–H and O–H groups in total. The van der Waals surface area contributed by atoms with Crippen LogP contribution in [-0.2, 0) is 11.3 Å². The molecule has 1 fully saturated rings. The topological polar surface area (TPSA) is 88.9 Å². The van der Waals surface area contributed by atoms with Crippen molar-refractivity contribution < 1.29 is 9.26 Å². The number of aryl methyl sites for hydroxylation is 1. The lowest BCUT2D eigenvalue weighted by atomic mass is 9.91. The highest BCUT2D eigenvalue weighted by molar-refractivity contribution is 5.14. The molecule has 3 rings (SSSR count). The van der Waals surface area contributed by atoms with E-state index in [4.69, 9.17) is 9.26 Å². The van der Waals surface area contributed by atoms with Gasteiger partial charge in [-0.1, -0.05) is 19.0 Å². The van der Waals surface area contributed by atoms with Crippen LogP contribution in [-0.4, -0.2) is 33.6 Å². The van der Waals surface area contributed by atoms with Crippen LogP contribution in [0.2, 0.25) is 0 Å². The first-order chi connectivity index (χ1) is 11.1. The highest BCUT2D eigenvalue weighted by Crippen LogP contribution is 2.30. The average Bonchev–Trinajstić information content (AvgIpc) is 3.19. The van der Waals surface area contributed by atoms with Crippen molar-refractivity contribution in [1.29, 1.82) is 0 Å². The van der Waals surface area contributed by atoms with E-state index in [1.54, 1.807) is 0 Å². The first kappa shape index (κ1) is 16.1. The van der Waals surface area contributed by atoms with Crippen LogP contribution in [0.5, 0.6) is 0 Å². The Morgan fingerprint density at radius 3 is 2.74 bits per heavy atom. The van der Waals surface area contributed by atoms with Gasteiger partial charge in [-0.2, -0.15) is 10.1 Å². The van der Waals surface area contributed by atoms with E-state index in [1.165, 1.54) is 0 Å². The first-order valence-electron chi connectivity index (χ1n) is 8.28. The summed E-state index contributed by atoms with van der Waals surface area (Å²) in [6.07, 6.45) is 3.86. The molecule has 3 heterocycles. The molecule has 1 unspecified atom stereocenters. The lowest BCUT2D eigenvalue weighted by Crippen LogP contribution is -2.32. The number of ether oxygens (including phenoxy) is 1. The lowest BCUT2D eigenvalue weighted by molar-refractivity contribution is 0.0485. The van der Waals surface area contributed by atoms with E-state index in [-0.39, 0.29) is 12.0 Å². The summed E-state index contributed by atoms with van der Waals surface area (Å²) in [7, 11) is 0. The number of rotatable bonds is 6. The van der Waals surface area contributed by atoms with Gasteiger partial charge < -0.3 is 14.6 Å². The van der Waals surface area contributed by atoms with E-state index in [0.29, 0.717) is 11.8 Å². The first-order valence-corrected chi connectivity index (χ1v) is 8.28. The number of nitrogens with zero attached hydrogens (tertiary/aromatic N) is 3. The fourth-order valence-electron chi connectivity index (χ4n) is 2.89. The molecule has 7 nitrogen and oxygen atoms in total. The molecule has 1 saturated heterocycles. The third kappa shape index (κ3) is 3.79. The zero-order valence-corrected chi connectivity index (χ0v) is 14.0. The summed E-state index contributed by atoms with van der Waals surface area (Å²) in [4.78, 5) is 4.60. The van der Waals surface area contributed by atoms with Crippen LogP contribution >= 0.6 is 0 Å². The summed E-state index contributed by atoms with van der Waals surface area (Å²) in [5.74, 6) is 2.15. The van der Waals surface area contributed by atoms with Crippen LogP contribution in [0.1, 0.15) is 61.6 Å². The fourth-order valence-corrected chi connectivity index (χ4v) is 2.89. The summed E-state index contributed by atoms with van der Waals surface area (Å²) in [6, 6.07) is 0.0493. The van der Waals surface area contributed by atoms with E-state index in [2.05, 4.69) is 39.5 Å². The summed E-state index contributed by atoms with van der Waals surface area (Å²) in [5.41, 5.74) is 2.24. The molecule has 0 saturated carbocycles. The molecule has 126 valence electrons. The van der Waals surface area contributed by atoms with Gasteiger partial charge in [0.1, 0.15) is 0 Å². The second-order valence-corrected chi connectivity index (χ2v) is 6.47. The minimum Gasteiger partial charge on any atom is -0.381 e. The van der Waals surface area contributed by atoms with Crippen LogP contribution in [0, 0.1) is 12.8 Å². The third-order valence-corrected chi connectivity index (χ3v) is 4.42. The molecular formula is C16H25N5O2. The van der Waals surface area contributed by atoms with Crippen molar-refractivity contribution in [2.45, 2.75) is 52.1 Å². The van der Waals surface area contributed by atoms with Crippen LogP contribution in [0.3, 0.4) is 0 Å². The summed E-state index contributed by atoms with van der Waals surface area (Å²) in [6.45, 7) is 8.47. The molecule has 0 bridgehead atoms. The average molecular weight is 319 g/mol. The van der Waals surface area contributed by atoms with Crippen molar-refractivity contribution >= 4 is 0 Å². The number of H-pyrrole nitrogens is 1. The molecule has 2 aromatic heterocycles. The van der Waals surface area contributed by atoms with E-state index in [1.807, 2.05) is 13.1 Å². The van der Waals surface area contributed by atoms with Crippen LogP contribution < -0.4 is 5.32 Å². The molecule has 0 amide bonds. The van der Waals surface area contributed by atoms with Crippen molar-refractivity contribution in [1.82, 2.24) is 25.7 Å². The van der Waals surface area contributed by atoms with Gasteiger partial charge in [0, 0.05) is 36.9 Å². The van der Waals surface area contributed by atoms with Crippen molar-refractivity contribution in [3.63, 3.8) is 0 Å². The zero-order valence-electron chi connectivity index (χ0n) is 14.0. The molecule has 0 aliphatic carbocycles. The maximum Gasteiger partial charge on any atom is 0.244 e. The summed E-state index contributed by atoms with van der Waals surface area (Å²) in [5, 5.41) is 14.8. The van der Waals surface area contributed by atoms with Crippen molar-refractivity contribution in [2.75, 3.05) is 13.2 Å². The standard InChI is InChI=1S/C16H25N5O2/c1-10(2)15-19-16(23-21-15)14(12-4-6-22-7-5-12)17-8-13-9-18-20-11(13)3/h9-10,12,14,17H,4-8H2,1-3H3,(H,18,20). The second-order valence-electron chi connectivity index (χ2n) is 6.47. The number of aromatic amines is 1. The highest BCUT2D eigenvalue weighted by atomic mass is 16.5. The summed E-state index contributed by atoms with van der Waals surface area (Å²) >= 11 is 0. The van der Waals surface area contributed by atoms with Gasteiger partial charge in [0.15, 0.2) is 5.82 Å². The van der Waals surface area contributed by atoms with Gasteiger partial charge in [-0.25, -0.2) is 0 Å². The van der Waals surface area contributed by atoms with Gasteiger partial charge in [0.2, 0.25) is 5.89 Å². The smallest absolute Gasteiger partial charge is 0.244 e. The van der Waals surface area contributed by atoms with Gasteiger partial charge in [-0.05, 0) is 25.7 Å². The Hall–Kier alpha value is -1.73. The molecule has 1 atom stereocenters. The van der Waals surface area contributed by atoms with E-state index in [9.17, 15) is 0 Å². The van der Waals surface area contributed by atoms with Crippen LogP contribution in [0.15, 0.2) is 10.7 Å². The van der Waals surface area contributed by atoms with Gasteiger partial charge in [0.05, 0.1) is 12.2 Å². The monoisotopic (exact) mass is 319 g/mol. The third-order valence-electron chi connectivity index (χ3n) is 4.42. The molecule has 0 aromatic carbocycles. The Bertz CT molecular complexity index is 616. The maximum absolute atomic E-state index is 5.55. The Morgan fingerprint density at radius 2 is 2.13 bits per heavy atom. The lowest BCUT2D eigenvalue weighted by Gasteiger charge is -2.28. The largest absolute Gasteiger partial charge is 0.381 e.